The van der Waals surface area contributed by atoms with Crippen LogP contribution in [0.3, 0.4) is 0 Å². The molecule has 128 valence electrons. The molecule has 0 fully saturated rings. The van der Waals surface area contributed by atoms with E-state index in [2.05, 4.69) is 4.98 Å². The van der Waals surface area contributed by atoms with Gasteiger partial charge >= 0.3 is 5.97 Å². The maximum atomic E-state index is 12.0. The molecule has 0 aliphatic carbocycles. The molecule has 1 heterocycles. The number of halogens is 1. The van der Waals surface area contributed by atoms with Crippen LogP contribution in [0.4, 0.5) is 0 Å². The number of esters is 1. The summed E-state index contributed by atoms with van der Waals surface area (Å²) in [6.45, 7) is 0.133. The van der Waals surface area contributed by atoms with Gasteiger partial charge in [-0.3, -0.25) is 9.78 Å². The smallest absolute Gasteiger partial charge is 0.306 e. The molecule has 0 radical (unpaired) electrons. The Labute approximate surface area is 151 Å². The fourth-order valence-corrected chi connectivity index (χ4v) is 2.76. The van der Waals surface area contributed by atoms with E-state index in [1.807, 2.05) is 36.4 Å². The molecule has 0 atom stereocenters. The Morgan fingerprint density at radius 1 is 1.12 bits per heavy atom. The van der Waals surface area contributed by atoms with Gasteiger partial charge in [-0.2, -0.15) is 0 Å². The number of carbonyl (C=O) groups is 1. The summed E-state index contributed by atoms with van der Waals surface area (Å²) in [6, 6.07) is 17.1. The Morgan fingerprint density at radius 2 is 1.96 bits per heavy atom. The number of ether oxygens (including phenoxy) is 2. The molecule has 0 aliphatic rings. The van der Waals surface area contributed by atoms with Crippen LogP contribution in [0, 0.1) is 0 Å². The highest BCUT2D eigenvalue weighted by Gasteiger charge is 2.09. The summed E-state index contributed by atoms with van der Waals surface area (Å²) in [5, 5.41) is 1.66. The number of methoxy groups -OCH3 is 1. The molecule has 0 saturated heterocycles. The Bertz CT molecular complexity index is 895. The number of benzene rings is 2. The molecule has 0 N–H and O–H groups in total. The van der Waals surface area contributed by atoms with Crippen molar-refractivity contribution in [2.75, 3.05) is 7.11 Å². The average Bonchev–Trinajstić information content (AvgIpc) is 2.64. The van der Waals surface area contributed by atoms with Crippen molar-refractivity contribution in [3.05, 3.63) is 70.9 Å². The SMILES string of the molecule is COc1ccc(Cl)cc1COC(=O)CCc1ccc2ccccc2n1. The maximum absolute atomic E-state index is 12.0. The third-order valence-electron chi connectivity index (χ3n) is 3.87. The van der Waals surface area contributed by atoms with E-state index in [1.165, 1.54) is 0 Å². The summed E-state index contributed by atoms with van der Waals surface area (Å²) in [6.07, 6.45) is 0.810. The van der Waals surface area contributed by atoms with Gasteiger partial charge in [-0.1, -0.05) is 35.9 Å². The molecule has 0 spiro atoms. The maximum Gasteiger partial charge on any atom is 0.306 e. The Kier molecular flexibility index (Phi) is 5.51. The lowest BCUT2D eigenvalue weighted by atomic mass is 10.1. The minimum Gasteiger partial charge on any atom is -0.496 e. The minimum atomic E-state index is -0.281. The third kappa shape index (κ3) is 4.48. The zero-order valence-electron chi connectivity index (χ0n) is 13.9. The van der Waals surface area contributed by atoms with E-state index >= 15 is 0 Å². The lowest BCUT2D eigenvalue weighted by molar-refractivity contribution is -0.144. The molecular weight excluding hydrogens is 338 g/mol. The van der Waals surface area contributed by atoms with Crippen molar-refractivity contribution in [2.45, 2.75) is 19.4 Å². The van der Waals surface area contributed by atoms with Gasteiger partial charge in [0.2, 0.25) is 0 Å². The van der Waals surface area contributed by atoms with Crippen LogP contribution in [-0.4, -0.2) is 18.1 Å². The van der Waals surface area contributed by atoms with Crippen molar-refractivity contribution in [3.8, 4) is 5.75 Å². The number of pyridine rings is 1. The van der Waals surface area contributed by atoms with E-state index in [-0.39, 0.29) is 19.0 Å². The number of hydrogen-bond donors (Lipinski definition) is 0. The highest BCUT2D eigenvalue weighted by molar-refractivity contribution is 6.30. The van der Waals surface area contributed by atoms with E-state index < -0.39 is 0 Å². The van der Waals surface area contributed by atoms with Gasteiger partial charge in [0.25, 0.3) is 0 Å². The van der Waals surface area contributed by atoms with Crippen molar-refractivity contribution >= 4 is 28.5 Å². The second-order valence-corrected chi connectivity index (χ2v) is 6.05. The highest BCUT2D eigenvalue weighted by atomic mass is 35.5. The molecule has 3 rings (SSSR count). The number of aryl methyl sites for hydroxylation is 1. The molecule has 4 nitrogen and oxygen atoms in total. The first-order chi connectivity index (χ1) is 12.2. The summed E-state index contributed by atoms with van der Waals surface area (Å²) >= 11 is 5.97. The Balaban J connectivity index is 1.56. The molecule has 0 amide bonds. The van der Waals surface area contributed by atoms with Crippen LogP contribution in [0.15, 0.2) is 54.6 Å². The molecule has 2 aromatic carbocycles. The van der Waals surface area contributed by atoms with Crippen molar-refractivity contribution in [2.24, 2.45) is 0 Å². The number of carbonyl (C=O) groups excluding carboxylic acids is 1. The minimum absolute atomic E-state index is 0.133. The van der Waals surface area contributed by atoms with Gasteiger partial charge in [-0.25, -0.2) is 0 Å². The highest BCUT2D eigenvalue weighted by Crippen LogP contribution is 2.23. The lowest BCUT2D eigenvalue weighted by Crippen LogP contribution is -2.07. The zero-order valence-corrected chi connectivity index (χ0v) is 14.6. The van der Waals surface area contributed by atoms with Crippen LogP contribution in [0.5, 0.6) is 5.75 Å². The molecule has 0 unspecified atom stereocenters. The largest absolute Gasteiger partial charge is 0.496 e. The molecule has 0 bridgehead atoms. The number of para-hydroxylation sites is 1. The standard InChI is InChI=1S/C20H18ClNO3/c1-24-19-10-7-16(21)12-15(19)13-25-20(23)11-9-17-8-6-14-4-2-3-5-18(14)22-17/h2-8,10,12H,9,11,13H2,1H3. The van der Waals surface area contributed by atoms with Gasteiger partial charge in [-0.15, -0.1) is 0 Å². The third-order valence-corrected chi connectivity index (χ3v) is 4.11. The molecule has 25 heavy (non-hydrogen) atoms. The van der Waals surface area contributed by atoms with Crippen molar-refractivity contribution in [1.29, 1.82) is 0 Å². The molecule has 5 heteroatoms. The Morgan fingerprint density at radius 3 is 2.80 bits per heavy atom. The van der Waals surface area contributed by atoms with E-state index in [4.69, 9.17) is 21.1 Å². The molecular formula is C20H18ClNO3. The van der Waals surface area contributed by atoms with Crippen molar-refractivity contribution < 1.29 is 14.3 Å². The number of rotatable bonds is 6. The first-order valence-corrected chi connectivity index (χ1v) is 8.36. The van der Waals surface area contributed by atoms with Crippen LogP contribution >= 0.6 is 11.6 Å². The number of hydrogen-bond acceptors (Lipinski definition) is 4. The van der Waals surface area contributed by atoms with E-state index in [0.717, 1.165) is 22.2 Å². The average molecular weight is 356 g/mol. The van der Waals surface area contributed by atoms with Crippen molar-refractivity contribution in [3.63, 3.8) is 0 Å². The molecule has 0 aliphatic heterocycles. The van der Waals surface area contributed by atoms with E-state index in [0.29, 0.717) is 17.2 Å². The summed E-state index contributed by atoms with van der Waals surface area (Å²) < 4.78 is 10.6. The fourth-order valence-electron chi connectivity index (χ4n) is 2.57. The number of aromatic nitrogens is 1. The van der Waals surface area contributed by atoms with Gasteiger partial charge in [0.1, 0.15) is 12.4 Å². The van der Waals surface area contributed by atoms with Crippen LogP contribution in [-0.2, 0) is 22.6 Å². The zero-order chi connectivity index (χ0) is 17.6. The van der Waals surface area contributed by atoms with Gasteiger partial charge in [-0.05, 0) is 30.3 Å². The number of fused-ring (bicyclic) bond motifs is 1. The molecule has 0 saturated carbocycles. The first kappa shape index (κ1) is 17.2. The van der Waals surface area contributed by atoms with Crippen LogP contribution in [0.25, 0.3) is 10.9 Å². The van der Waals surface area contributed by atoms with Gasteiger partial charge < -0.3 is 9.47 Å². The van der Waals surface area contributed by atoms with Gasteiger partial charge in [0, 0.05) is 28.1 Å². The Hall–Kier alpha value is -2.59. The van der Waals surface area contributed by atoms with Gasteiger partial charge in [0.05, 0.1) is 19.0 Å². The summed E-state index contributed by atoms with van der Waals surface area (Å²) in [5.74, 6) is 0.366. The second kappa shape index (κ2) is 7.99. The molecule has 1 aromatic heterocycles. The van der Waals surface area contributed by atoms with Crippen molar-refractivity contribution in [1.82, 2.24) is 4.98 Å². The lowest BCUT2D eigenvalue weighted by Gasteiger charge is -2.10. The topological polar surface area (TPSA) is 48.4 Å². The first-order valence-electron chi connectivity index (χ1n) is 7.98. The predicted molar refractivity (Wildman–Crippen MR) is 97.9 cm³/mol. The summed E-state index contributed by atoms with van der Waals surface area (Å²) in [4.78, 5) is 16.6. The van der Waals surface area contributed by atoms with Crippen LogP contribution in [0.2, 0.25) is 5.02 Å². The summed E-state index contributed by atoms with van der Waals surface area (Å²) in [5.41, 5.74) is 2.54. The molecule has 3 aromatic rings. The summed E-state index contributed by atoms with van der Waals surface area (Å²) in [7, 11) is 1.57. The second-order valence-electron chi connectivity index (χ2n) is 5.61. The van der Waals surface area contributed by atoms with E-state index in [9.17, 15) is 4.79 Å². The van der Waals surface area contributed by atoms with Crippen LogP contribution in [0.1, 0.15) is 17.7 Å². The van der Waals surface area contributed by atoms with E-state index in [1.54, 1.807) is 25.3 Å². The van der Waals surface area contributed by atoms with Gasteiger partial charge in [0.15, 0.2) is 0 Å². The van der Waals surface area contributed by atoms with Crippen LogP contribution < -0.4 is 4.74 Å². The monoisotopic (exact) mass is 355 g/mol. The normalized spacial score (nSPS) is 10.6. The predicted octanol–water partition coefficient (Wildman–Crippen LogP) is 4.57. The fraction of sp³-hybridized carbons (Fsp3) is 0.200. The number of nitrogens with zero attached hydrogens (tertiary/aromatic N) is 1. The quantitative estimate of drug-likeness (QED) is 0.607.